The number of para-hydroxylation sites is 1. The molecule has 0 amide bonds. The van der Waals surface area contributed by atoms with Crippen LogP contribution in [0.3, 0.4) is 0 Å². The highest BCUT2D eigenvalue weighted by molar-refractivity contribution is 7.21. The molecular weight excluding hydrogens is 508 g/mol. The van der Waals surface area contributed by atoms with E-state index in [1.807, 2.05) is 36.8 Å². The van der Waals surface area contributed by atoms with Crippen LogP contribution in [0.2, 0.25) is 0 Å². The third-order valence-corrected chi connectivity index (χ3v) is 8.47. The van der Waals surface area contributed by atoms with Gasteiger partial charge in [-0.2, -0.15) is 0 Å². The van der Waals surface area contributed by atoms with Gasteiger partial charge in [-0.25, -0.2) is 4.98 Å². The lowest BCUT2D eigenvalue weighted by atomic mass is 10.0. The molecule has 5 heteroatoms. The normalized spacial score (nSPS) is 11.5. The van der Waals surface area contributed by atoms with Crippen molar-refractivity contribution in [3.05, 3.63) is 134 Å². The summed E-state index contributed by atoms with van der Waals surface area (Å²) in [4.78, 5) is 13.8. The predicted molar refractivity (Wildman–Crippen MR) is 166 cm³/mol. The number of hydrogen-bond acceptors (Lipinski definition) is 4. The number of thiazole rings is 1. The van der Waals surface area contributed by atoms with Crippen LogP contribution in [0.25, 0.3) is 70.7 Å². The zero-order valence-corrected chi connectivity index (χ0v) is 22.2. The van der Waals surface area contributed by atoms with Gasteiger partial charge < -0.3 is 4.57 Å². The minimum Gasteiger partial charge on any atom is -0.309 e. The molecule has 0 fully saturated rings. The van der Waals surface area contributed by atoms with Crippen LogP contribution in [0.4, 0.5) is 0 Å². The lowest BCUT2D eigenvalue weighted by molar-refractivity contribution is 1.18. The van der Waals surface area contributed by atoms with Crippen molar-refractivity contribution < 1.29 is 0 Å². The first-order valence-electron chi connectivity index (χ1n) is 13.2. The Morgan fingerprint density at radius 3 is 2.12 bits per heavy atom. The van der Waals surface area contributed by atoms with E-state index in [2.05, 4.69) is 112 Å². The summed E-state index contributed by atoms with van der Waals surface area (Å²) in [7, 11) is 0. The van der Waals surface area contributed by atoms with Gasteiger partial charge in [0.1, 0.15) is 5.01 Å². The Balaban J connectivity index is 1.40. The Labute approximate surface area is 234 Å². The van der Waals surface area contributed by atoms with E-state index in [0.29, 0.717) is 0 Å². The molecule has 4 heterocycles. The minimum absolute atomic E-state index is 0.956. The van der Waals surface area contributed by atoms with E-state index < -0.39 is 0 Å². The van der Waals surface area contributed by atoms with Crippen molar-refractivity contribution in [3.8, 4) is 38.6 Å². The summed E-state index contributed by atoms with van der Waals surface area (Å²) in [5, 5.41) is 3.45. The van der Waals surface area contributed by atoms with E-state index in [1.165, 1.54) is 15.5 Å². The summed E-state index contributed by atoms with van der Waals surface area (Å²) in [6, 6.07) is 40.6. The predicted octanol–water partition coefficient (Wildman–Crippen LogP) is 9.18. The van der Waals surface area contributed by atoms with E-state index in [-0.39, 0.29) is 0 Å². The van der Waals surface area contributed by atoms with Crippen LogP contribution < -0.4 is 0 Å². The van der Waals surface area contributed by atoms with Crippen molar-refractivity contribution in [2.75, 3.05) is 0 Å². The number of fused-ring (bicyclic) bond motifs is 4. The molecule has 0 aliphatic heterocycles. The SMILES string of the molecule is c1ccc(-c2cccc(-n3c4cc(-c5ccncc5)ccc4c4ccc(-c5nc6ccccc6s5)cc43)c2)nc1. The molecule has 0 saturated heterocycles. The summed E-state index contributed by atoms with van der Waals surface area (Å²) in [6.07, 6.45) is 5.53. The number of aromatic nitrogens is 4. The standard InChI is InChI=1S/C35H22N4S/c1-2-10-34-31(9-1)38-35(40-34)26-12-14-29-28-13-11-24(23-15-18-36-19-16-23)21-32(28)39(33(29)22-26)27-7-5-6-25(20-27)30-8-3-4-17-37-30/h1-22H. The second-order valence-electron chi connectivity index (χ2n) is 9.79. The summed E-state index contributed by atoms with van der Waals surface area (Å²) in [6.45, 7) is 0. The highest BCUT2D eigenvalue weighted by Crippen LogP contribution is 2.38. The van der Waals surface area contributed by atoms with Crippen molar-refractivity contribution in [2.24, 2.45) is 0 Å². The molecule has 0 bridgehead atoms. The molecule has 8 rings (SSSR count). The molecule has 4 aromatic carbocycles. The van der Waals surface area contributed by atoms with Gasteiger partial charge in [-0.15, -0.1) is 11.3 Å². The van der Waals surface area contributed by atoms with Crippen molar-refractivity contribution in [2.45, 2.75) is 0 Å². The lowest BCUT2D eigenvalue weighted by Gasteiger charge is -2.11. The topological polar surface area (TPSA) is 43.6 Å². The van der Waals surface area contributed by atoms with Crippen LogP contribution in [0.15, 0.2) is 134 Å². The summed E-state index contributed by atoms with van der Waals surface area (Å²) < 4.78 is 3.57. The molecule has 0 spiro atoms. The van der Waals surface area contributed by atoms with Crippen molar-refractivity contribution >= 4 is 43.4 Å². The smallest absolute Gasteiger partial charge is 0.124 e. The zero-order chi connectivity index (χ0) is 26.5. The molecule has 8 aromatic rings. The Bertz CT molecular complexity index is 2130. The van der Waals surface area contributed by atoms with Gasteiger partial charge in [0.15, 0.2) is 0 Å². The van der Waals surface area contributed by atoms with Crippen LogP contribution in [0, 0.1) is 0 Å². The van der Waals surface area contributed by atoms with Gasteiger partial charge in [-0.1, -0.05) is 54.6 Å². The molecule has 0 aliphatic rings. The highest BCUT2D eigenvalue weighted by Gasteiger charge is 2.16. The lowest BCUT2D eigenvalue weighted by Crippen LogP contribution is -1.95. The first-order valence-corrected chi connectivity index (χ1v) is 14.0. The summed E-state index contributed by atoms with van der Waals surface area (Å²) in [5.41, 5.74) is 9.90. The Hall–Kier alpha value is -5.13. The molecular formula is C35H22N4S. The van der Waals surface area contributed by atoms with Crippen molar-refractivity contribution in [1.82, 2.24) is 19.5 Å². The fraction of sp³-hybridized carbons (Fsp3) is 0. The monoisotopic (exact) mass is 530 g/mol. The van der Waals surface area contributed by atoms with Crippen LogP contribution in [-0.4, -0.2) is 19.5 Å². The van der Waals surface area contributed by atoms with E-state index in [9.17, 15) is 0 Å². The highest BCUT2D eigenvalue weighted by atomic mass is 32.1. The molecule has 40 heavy (non-hydrogen) atoms. The maximum absolute atomic E-state index is 4.95. The summed E-state index contributed by atoms with van der Waals surface area (Å²) >= 11 is 1.73. The van der Waals surface area contributed by atoms with Gasteiger partial charge in [0.2, 0.25) is 0 Å². The Morgan fingerprint density at radius 2 is 1.32 bits per heavy atom. The molecule has 4 nitrogen and oxygen atoms in total. The average Bonchev–Trinajstić information content (AvgIpc) is 3.61. The zero-order valence-electron chi connectivity index (χ0n) is 21.4. The molecule has 0 aliphatic carbocycles. The maximum atomic E-state index is 4.95. The van der Waals surface area contributed by atoms with Crippen molar-refractivity contribution in [3.63, 3.8) is 0 Å². The van der Waals surface area contributed by atoms with Gasteiger partial charge in [0, 0.05) is 46.2 Å². The summed E-state index contributed by atoms with van der Waals surface area (Å²) in [5.74, 6) is 0. The number of nitrogens with zero attached hydrogens (tertiary/aromatic N) is 4. The maximum Gasteiger partial charge on any atom is 0.124 e. The molecule has 0 radical (unpaired) electrons. The van der Waals surface area contributed by atoms with Crippen LogP contribution in [0.5, 0.6) is 0 Å². The quantitative estimate of drug-likeness (QED) is 0.228. The fourth-order valence-electron chi connectivity index (χ4n) is 5.49. The van der Waals surface area contributed by atoms with Crippen LogP contribution >= 0.6 is 11.3 Å². The third kappa shape index (κ3) is 3.79. The second-order valence-corrected chi connectivity index (χ2v) is 10.8. The third-order valence-electron chi connectivity index (χ3n) is 7.39. The first kappa shape index (κ1) is 22.8. The number of hydrogen-bond donors (Lipinski definition) is 0. The van der Waals surface area contributed by atoms with E-state index in [1.54, 1.807) is 11.3 Å². The largest absolute Gasteiger partial charge is 0.309 e. The second kappa shape index (κ2) is 9.26. The van der Waals surface area contributed by atoms with Crippen LogP contribution in [0.1, 0.15) is 0 Å². The fourth-order valence-corrected chi connectivity index (χ4v) is 6.45. The van der Waals surface area contributed by atoms with Gasteiger partial charge in [0.05, 0.1) is 26.9 Å². The van der Waals surface area contributed by atoms with Gasteiger partial charge in [-0.05, 0) is 71.8 Å². The van der Waals surface area contributed by atoms with E-state index in [4.69, 9.17) is 4.98 Å². The molecule has 0 saturated carbocycles. The van der Waals surface area contributed by atoms with Gasteiger partial charge in [0.25, 0.3) is 0 Å². The molecule has 0 atom stereocenters. The molecule has 0 N–H and O–H groups in total. The van der Waals surface area contributed by atoms with E-state index in [0.717, 1.165) is 55.2 Å². The van der Waals surface area contributed by atoms with Gasteiger partial charge in [-0.3, -0.25) is 9.97 Å². The molecule has 188 valence electrons. The molecule has 0 unspecified atom stereocenters. The van der Waals surface area contributed by atoms with Crippen LogP contribution in [-0.2, 0) is 0 Å². The van der Waals surface area contributed by atoms with Gasteiger partial charge >= 0.3 is 0 Å². The Kier molecular flexibility index (Phi) is 5.28. The first-order chi connectivity index (χ1) is 19.8. The minimum atomic E-state index is 0.956. The number of pyridine rings is 2. The number of rotatable bonds is 4. The average molecular weight is 531 g/mol. The van der Waals surface area contributed by atoms with Crippen molar-refractivity contribution in [1.29, 1.82) is 0 Å². The number of benzene rings is 4. The van der Waals surface area contributed by atoms with E-state index >= 15 is 0 Å². The Morgan fingerprint density at radius 1 is 0.550 bits per heavy atom. The molecule has 4 aromatic heterocycles.